The monoisotopic (exact) mass is 432 g/mol. The quantitative estimate of drug-likeness (QED) is 0.535. The van der Waals surface area contributed by atoms with E-state index in [4.69, 9.17) is 14.2 Å². The molecule has 1 saturated heterocycles. The number of carbonyl (C=O) groups is 1. The second-order valence-electron chi connectivity index (χ2n) is 6.28. The van der Waals surface area contributed by atoms with Gasteiger partial charge in [0.1, 0.15) is 12.4 Å². The SMILES string of the molecule is CC1(CC(=O)N/N=C\c2ccc(OCc3ccc(Br)cc3)cc2)OCCO1. The standard InChI is InChI=1S/C20H21BrN2O4/c1-20(26-10-11-27-20)12-19(24)23-22-13-15-4-8-18(9-5-15)25-14-16-2-6-17(21)7-3-16/h2-9,13H,10-12,14H2,1H3,(H,23,24)/b22-13-. The molecule has 2 aromatic rings. The normalized spacial score (nSPS) is 15.8. The summed E-state index contributed by atoms with van der Waals surface area (Å²) in [6.45, 7) is 3.25. The van der Waals surface area contributed by atoms with Crippen molar-refractivity contribution in [2.45, 2.75) is 25.7 Å². The summed E-state index contributed by atoms with van der Waals surface area (Å²) in [5.41, 5.74) is 4.43. The first-order valence-corrected chi connectivity index (χ1v) is 9.39. The molecule has 27 heavy (non-hydrogen) atoms. The predicted molar refractivity (Wildman–Crippen MR) is 106 cm³/mol. The van der Waals surface area contributed by atoms with Crippen molar-refractivity contribution in [1.82, 2.24) is 5.43 Å². The fraction of sp³-hybridized carbons (Fsp3) is 0.300. The fourth-order valence-corrected chi connectivity index (χ4v) is 2.83. The van der Waals surface area contributed by atoms with Crippen molar-refractivity contribution in [1.29, 1.82) is 0 Å². The van der Waals surface area contributed by atoms with Gasteiger partial charge in [-0.2, -0.15) is 5.10 Å². The lowest BCUT2D eigenvalue weighted by atomic mass is 10.2. The Morgan fingerprint density at radius 1 is 1.19 bits per heavy atom. The van der Waals surface area contributed by atoms with Crippen molar-refractivity contribution in [3.8, 4) is 5.75 Å². The summed E-state index contributed by atoms with van der Waals surface area (Å²) < 4.78 is 17.6. The lowest BCUT2D eigenvalue weighted by Gasteiger charge is -2.20. The van der Waals surface area contributed by atoms with E-state index in [1.165, 1.54) is 0 Å². The highest BCUT2D eigenvalue weighted by Crippen LogP contribution is 2.22. The van der Waals surface area contributed by atoms with Gasteiger partial charge in [-0.3, -0.25) is 4.79 Å². The number of amides is 1. The van der Waals surface area contributed by atoms with Crippen molar-refractivity contribution in [2.24, 2.45) is 5.10 Å². The van der Waals surface area contributed by atoms with Gasteiger partial charge in [0.25, 0.3) is 0 Å². The Morgan fingerprint density at radius 2 is 1.85 bits per heavy atom. The van der Waals surface area contributed by atoms with E-state index in [2.05, 4.69) is 26.5 Å². The third kappa shape index (κ3) is 6.16. The number of nitrogens with one attached hydrogen (secondary N) is 1. The van der Waals surface area contributed by atoms with Crippen LogP contribution in [0.5, 0.6) is 5.75 Å². The molecule has 0 unspecified atom stereocenters. The van der Waals surface area contributed by atoms with Gasteiger partial charge in [0.15, 0.2) is 5.79 Å². The molecule has 1 aliphatic rings. The molecule has 1 heterocycles. The van der Waals surface area contributed by atoms with Crippen LogP contribution in [0.3, 0.4) is 0 Å². The number of halogens is 1. The maximum absolute atomic E-state index is 11.9. The molecule has 0 atom stereocenters. The van der Waals surface area contributed by atoms with Crippen molar-refractivity contribution in [2.75, 3.05) is 13.2 Å². The minimum Gasteiger partial charge on any atom is -0.489 e. The van der Waals surface area contributed by atoms with E-state index in [1.54, 1.807) is 13.1 Å². The molecule has 0 radical (unpaired) electrons. The number of ether oxygens (including phenoxy) is 3. The smallest absolute Gasteiger partial charge is 0.245 e. The highest BCUT2D eigenvalue weighted by Gasteiger charge is 2.33. The molecule has 6 nitrogen and oxygen atoms in total. The molecular weight excluding hydrogens is 412 g/mol. The van der Waals surface area contributed by atoms with Crippen LogP contribution < -0.4 is 10.2 Å². The van der Waals surface area contributed by atoms with Crippen LogP contribution in [-0.2, 0) is 20.9 Å². The van der Waals surface area contributed by atoms with Gasteiger partial charge in [0.05, 0.1) is 25.8 Å². The summed E-state index contributed by atoms with van der Waals surface area (Å²) in [6, 6.07) is 15.5. The Hall–Kier alpha value is -2.22. The lowest BCUT2D eigenvalue weighted by Crippen LogP contribution is -2.33. The topological polar surface area (TPSA) is 69.2 Å². The van der Waals surface area contributed by atoms with Crippen LogP contribution in [0.25, 0.3) is 0 Å². The fourth-order valence-electron chi connectivity index (χ4n) is 2.57. The van der Waals surface area contributed by atoms with Crippen LogP contribution in [-0.4, -0.2) is 31.1 Å². The van der Waals surface area contributed by atoms with E-state index < -0.39 is 5.79 Å². The summed E-state index contributed by atoms with van der Waals surface area (Å²) in [7, 11) is 0. The molecule has 7 heteroatoms. The first kappa shape index (κ1) is 19.5. The molecule has 0 spiro atoms. The van der Waals surface area contributed by atoms with Crippen molar-refractivity contribution < 1.29 is 19.0 Å². The minimum absolute atomic E-state index is 0.104. The van der Waals surface area contributed by atoms with Gasteiger partial charge in [-0.05, 0) is 54.4 Å². The zero-order valence-corrected chi connectivity index (χ0v) is 16.6. The first-order valence-electron chi connectivity index (χ1n) is 8.60. The van der Waals surface area contributed by atoms with E-state index in [1.807, 2.05) is 48.5 Å². The molecule has 142 valence electrons. The van der Waals surface area contributed by atoms with Gasteiger partial charge in [-0.1, -0.05) is 28.1 Å². The van der Waals surface area contributed by atoms with Crippen LogP contribution >= 0.6 is 15.9 Å². The highest BCUT2D eigenvalue weighted by molar-refractivity contribution is 9.10. The van der Waals surface area contributed by atoms with E-state index in [0.29, 0.717) is 19.8 Å². The molecule has 0 aromatic heterocycles. The third-order valence-electron chi connectivity index (χ3n) is 3.98. The molecular formula is C20H21BrN2O4. The summed E-state index contributed by atoms with van der Waals surface area (Å²) >= 11 is 3.41. The lowest BCUT2D eigenvalue weighted by molar-refractivity contribution is -0.159. The second-order valence-corrected chi connectivity index (χ2v) is 7.20. The number of hydrazone groups is 1. The average Bonchev–Trinajstić information content (AvgIpc) is 3.08. The van der Waals surface area contributed by atoms with Crippen molar-refractivity contribution in [3.63, 3.8) is 0 Å². The molecule has 1 amide bonds. The van der Waals surface area contributed by atoms with Crippen molar-refractivity contribution in [3.05, 3.63) is 64.1 Å². The van der Waals surface area contributed by atoms with Crippen LogP contribution in [0.4, 0.5) is 0 Å². The van der Waals surface area contributed by atoms with Crippen LogP contribution in [0.1, 0.15) is 24.5 Å². The molecule has 2 aromatic carbocycles. The van der Waals surface area contributed by atoms with E-state index in [9.17, 15) is 4.79 Å². The number of benzene rings is 2. The van der Waals surface area contributed by atoms with E-state index in [-0.39, 0.29) is 12.3 Å². The molecule has 0 bridgehead atoms. The Kier molecular flexibility index (Phi) is 6.60. The average molecular weight is 433 g/mol. The minimum atomic E-state index is -0.854. The Balaban J connectivity index is 1.44. The summed E-state index contributed by atoms with van der Waals surface area (Å²) in [5.74, 6) is -0.347. The summed E-state index contributed by atoms with van der Waals surface area (Å²) in [6.07, 6.45) is 1.68. The largest absolute Gasteiger partial charge is 0.489 e. The Labute approximate surface area is 166 Å². The van der Waals surface area contributed by atoms with Gasteiger partial charge in [0, 0.05) is 4.47 Å². The molecule has 3 rings (SSSR count). The van der Waals surface area contributed by atoms with Gasteiger partial charge >= 0.3 is 0 Å². The first-order chi connectivity index (χ1) is 13.0. The maximum atomic E-state index is 11.9. The maximum Gasteiger partial charge on any atom is 0.245 e. The molecule has 1 fully saturated rings. The number of nitrogens with zero attached hydrogens (tertiary/aromatic N) is 1. The summed E-state index contributed by atoms with van der Waals surface area (Å²) in [4.78, 5) is 11.9. The van der Waals surface area contributed by atoms with Gasteiger partial charge in [-0.25, -0.2) is 5.43 Å². The van der Waals surface area contributed by atoms with Gasteiger partial charge < -0.3 is 14.2 Å². The highest BCUT2D eigenvalue weighted by atomic mass is 79.9. The van der Waals surface area contributed by atoms with E-state index >= 15 is 0 Å². The molecule has 0 saturated carbocycles. The summed E-state index contributed by atoms with van der Waals surface area (Å²) in [5, 5.41) is 3.97. The second kappa shape index (κ2) is 9.12. The van der Waals surface area contributed by atoms with Crippen LogP contribution in [0.15, 0.2) is 58.1 Å². The van der Waals surface area contributed by atoms with Crippen LogP contribution in [0, 0.1) is 0 Å². The van der Waals surface area contributed by atoms with Crippen molar-refractivity contribution >= 4 is 28.1 Å². The van der Waals surface area contributed by atoms with Gasteiger partial charge in [-0.15, -0.1) is 0 Å². The Morgan fingerprint density at radius 3 is 2.52 bits per heavy atom. The number of rotatable bonds is 7. The zero-order chi connectivity index (χ0) is 19.1. The van der Waals surface area contributed by atoms with Crippen LogP contribution in [0.2, 0.25) is 0 Å². The number of hydrogen-bond donors (Lipinski definition) is 1. The Bertz CT molecular complexity index is 785. The molecule has 1 N–H and O–H groups in total. The predicted octanol–water partition coefficient (Wildman–Crippen LogP) is 3.63. The zero-order valence-electron chi connectivity index (χ0n) is 15.0. The molecule has 1 aliphatic heterocycles. The third-order valence-corrected chi connectivity index (χ3v) is 4.51. The van der Waals surface area contributed by atoms with Gasteiger partial charge in [0.2, 0.25) is 5.91 Å². The number of hydrogen-bond acceptors (Lipinski definition) is 5. The molecule has 0 aliphatic carbocycles. The number of carbonyl (C=O) groups excluding carboxylic acids is 1. The van der Waals surface area contributed by atoms with E-state index in [0.717, 1.165) is 21.3 Å².